The van der Waals surface area contributed by atoms with E-state index in [0.29, 0.717) is 12.1 Å². The van der Waals surface area contributed by atoms with E-state index >= 15 is 0 Å². The van der Waals surface area contributed by atoms with Gasteiger partial charge in [0.25, 0.3) is 0 Å². The third-order valence-electron chi connectivity index (χ3n) is 3.81. The van der Waals surface area contributed by atoms with E-state index in [1.54, 1.807) is 0 Å². The van der Waals surface area contributed by atoms with Gasteiger partial charge in [-0.25, -0.2) is 0 Å². The predicted octanol–water partition coefficient (Wildman–Crippen LogP) is 2.77. The van der Waals surface area contributed by atoms with Crippen molar-refractivity contribution in [2.75, 3.05) is 0 Å². The first-order valence-electron chi connectivity index (χ1n) is 6.86. The average molecular weight is 282 g/mol. The maximum absolute atomic E-state index is 4.78. The monoisotopic (exact) mass is 282 g/mol. The molecule has 0 spiro atoms. The van der Waals surface area contributed by atoms with E-state index in [1.165, 1.54) is 64.2 Å². The molecule has 3 heteroatoms. The van der Waals surface area contributed by atoms with Gasteiger partial charge in [0.15, 0.2) is 0 Å². The summed E-state index contributed by atoms with van der Waals surface area (Å²) < 4.78 is 1.07. The summed E-state index contributed by atoms with van der Waals surface area (Å²) in [6.45, 7) is 0. The molecule has 0 unspecified atom stereocenters. The van der Waals surface area contributed by atoms with Crippen LogP contribution in [0, 0.1) is 0 Å². The Bertz CT molecular complexity index is 228. The van der Waals surface area contributed by atoms with Crippen LogP contribution in [0.5, 0.6) is 0 Å². The molecule has 2 aliphatic carbocycles. The van der Waals surface area contributed by atoms with Crippen molar-refractivity contribution in [1.82, 2.24) is 5.32 Å². The number of hydrogen-bond acceptors (Lipinski definition) is 1. The summed E-state index contributed by atoms with van der Waals surface area (Å²) in [5.41, 5.74) is 0. The second-order valence-electron chi connectivity index (χ2n) is 5.21. The summed E-state index contributed by atoms with van der Waals surface area (Å²) in [4.78, 5) is 4.78. The van der Waals surface area contributed by atoms with Gasteiger partial charge in [0.2, 0.25) is 0 Å². The second kappa shape index (κ2) is 6.66. The predicted molar refractivity (Wildman–Crippen MR) is 70.1 cm³/mol. The van der Waals surface area contributed by atoms with Crippen LogP contribution in [0.25, 0.3) is 0 Å². The fourth-order valence-corrected chi connectivity index (χ4v) is 3.50. The molecule has 2 saturated carbocycles. The van der Waals surface area contributed by atoms with Crippen molar-refractivity contribution in [3.05, 3.63) is 0 Å². The Morgan fingerprint density at radius 1 is 0.875 bits per heavy atom. The number of rotatable bonds is 2. The summed E-state index contributed by atoms with van der Waals surface area (Å²) in [6, 6.07) is 1.26. The molecule has 0 aromatic carbocycles. The SMILES string of the molecule is [75Se]C(=NC1CCCCC1)NC1CCCCC1. The molecule has 2 aliphatic rings. The van der Waals surface area contributed by atoms with Gasteiger partial charge in [0.05, 0.1) is 0 Å². The van der Waals surface area contributed by atoms with Crippen molar-refractivity contribution in [1.29, 1.82) is 0 Å². The standard InChI is InChI=1S/C13H23N2Se/c16-13(14-11-7-3-1-4-8-11)15-12-9-5-2-6-10-12/h11-12H,1-10H2,(H,14,15)/i16-4. The number of amidine groups is 1. The minimum atomic E-state index is 0.584. The van der Waals surface area contributed by atoms with E-state index in [4.69, 9.17) is 4.99 Å². The van der Waals surface area contributed by atoms with Gasteiger partial charge in [-0.3, -0.25) is 0 Å². The number of hydrogen-bond donors (Lipinski definition) is 1. The molecule has 91 valence electrons. The van der Waals surface area contributed by atoms with Crippen molar-refractivity contribution >= 4 is 20.7 Å². The zero-order valence-corrected chi connectivity index (χ0v) is 11.8. The molecule has 0 heterocycles. The summed E-state index contributed by atoms with van der Waals surface area (Å²) in [5, 5.41) is 3.56. The molecule has 0 amide bonds. The fraction of sp³-hybridized carbons (Fsp3) is 0.923. The molecule has 2 nitrogen and oxygen atoms in total. The van der Waals surface area contributed by atoms with Crippen LogP contribution in [0.15, 0.2) is 4.99 Å². The number of nitrogens with one attached hydrogen (secondary N) is 1. The topological polar surface area (TPSA) is 24.4 Å². The first kappa shape index (κ1) is 12.4. The molecular weight excluding hydrogens is 259 g/mol. The van der Waals surface area contributed by atoms with Crippen LogP contribution in [0.2, 0.25) is 0 Å². The second-order valence-corrected chi connectivity index (χ2v) is 6.02. The third kappa shape index (κ3) is 4.10. The van der Waals surface area contributed by atoms with Crippen molar-refractivity contribution in [2.24, 2.45) is 4.99 Å². The van der Waals surface area contributed by atoms with Gasteiger partial charge in [0, 0.05) is 0 Å². The summed E-state index contributed by atoms with van der Waals surface area (Å²) in [7, 11) is 0. The molecule has 0 atom stereocenters. The van der Waals surface area contributed by atoms with E-state index in [2.05, 4.69) is 21.3 Å². The van der Waals surface area contributed by atoms with Gasteiger partial charge < -0.3 is 0 Å². The summed E-state index contributed by atoms with van der Waals surface area (Å²) in [5.74, 6) is 0. The molecule has 2 fully saturated rings. The molecular formula is C13H23N2Se. The first-order chi connectivity index (χ1) is 7.84. The van der Waals surface area contributed by atoms with Crippen LogP contribution in [0.4, 0.5) is 0 Å². The summed E-state index contributed by atoms with van der Waals surface area (Å²) in [6.07, 6.45) is 13.6. The van der Waals surface area contributed by atoms with Gasteiger partial charge in [-0.15, -0.1) is 0 Å². The van der Waals surface area contributed by atoms with Crippen LogP contribution in [-0.4, -0.2) is 32.8 Å². The Kier molecular flexibility index (Phi) is 5.18. The molecule has 1 N–H and O–H groups in total. The zero-order valence-electron chi connectivity index (χ0n) is 10.1. The molecule has 1 radical (unpaired) electrons. The van der Waals surface area contributed by atoms with Gasteiger partial charge >= 0.3 is 107 Å². The molecule has 0 aromatic heterocycles. The Morgan fingerprint density at radius 3 is 2.06 bits per heavy atom. The summed E-state index contributed by atoms with van der Waals surface area (Å²) >= 11 is 3.11. The molecule has 0 bridgehead atoms. The third-order valence-corrected chi connectivity index (χ3v) is 4.28. The van der Waals surface area contributed by atoms with Crippen LogP contribution in [0.3, 0.4) is 0 Å². The molecule has 2 rings (SSSR count). The van der Waals surface area contributed by atoms with Gasteiger partial charge in [-0.1, -0.05) is 0 Å². The van der Waals surface area contributed by atoms with Crippen molar-refractivity contribution in [3.63, 3.8) is 0 Å². The van der Waals surface area contributed by atoms with Crippen molar-refractivity contribution < 1.29 is 0 Å². The number of nitrogens with zero attached hydrogens (tertiary/aromatic N) is 1. The molecule has 0 aromatic rings. The normalized spacial score (nSPS) is 25.6. The quantitative estimate of drug-likeness (QED) is 0.470. The van der Waals surface area contributed by atoms with Gasteiger partial charge in [-0.05, 0) is 0 Å². The Balaban J connectivity index is 1.76. The van der Waals surface area contributed by atoms with Crippen molar-refractivity contribution in [3.8, 4) is 0 Å². The Morgan fingerprint density at radius 2 is 1.44 bits per heavy atom. The van der Waals surface area contributed by atoms with E-state index in [1.807, 2.05) is 0 Å². The van der Waals surface area contributed by atoms with E-state index in [-0.39, 0.29) is 0 Å². The van der Waals surface area contributed by atoms with Crippen LogP contribution < -0.4 is 5.32 Å². The molecule has 16 heavy (non-hydrogen) atoms. The Labute approximate surface area is 107 Å². The van der Waals surface area contributed by atoms with Crippen molar-refractivity contribution in [2.45, 2.75) is 76.3 Å². The van der Waals surface area contributed by atoms with Gasteiger partial charge in [-0.2, -0.15) is 0 Å². The Hall–Kier alpha value is -0.0105. The minimum absolute atomic E-state index is 0.584. The van der Waals surface area contributed by atoms with Crippen LogP contribution >= 0.6 is 0 Å². The van der Waals surface area contributed by atoms with Crippen LogP contribution in [0.1, 0.15) is 64.2 Å². The zero-order chi connectivity index (χ0) is 11.2. The maximum atomic E-state index is 4.78. The van der Waals surface area contributed by atoms with Crippen LogP contribution in [-0.2, 0) is 0 Å². The van der Waals surface area contributed by atoms with E-state index < -0.39 is 0 Å². The van der Waals surface area contributed by atoms with Gasteiger partial charge in [0.1, 0.15) is 0 Å². The van der Waals surface area contributed by atoms with E-state index in [0.717, 1.165) is 4.73 Å². The number of aliphatic imine (C=N–C) groups is 1. The molecule has 0 aliphatic heterocycles. The first-order valence-corrected chi connectivity index (χ1v) is 7.71. The average Bonchev–Trinajstić information content (AvgIpc) is 2.31. The fourth-order valence-electron chi connectivity index (χ4n) is 2.83. The van der Waals surface area contributed by atoms with E-state index in [9.17, 15) is 0 Å². The molecule has 0 saturated heterocycles.